The van der Waals surface area contributed by atoms with Gasteiger partial charge in [-0.2, -0.15) is 0 Å². The monoisotopic (exact) mass is 300 g/mol. The molecule has 116 valence electrons. The number of hydrogen-bond donors (Lipinski definition) is 0. The molecule has 20 heavy (non-hydrogen) atoms. The Morgan fingerprint density at radius 1 is 1.45 bits per heavy atom. The van der Waals surface area contributed by atoms with Crippen LogP contribution in [-0.4, -0.2) is 18.0 Å². The zero-order valence-electron chi connectivity index (χ0n) is 13.5. The third-order valence-electron chi connectivity index (χ3n) is 3.60. The van der Waals surface area contributed by atoms with Gasteiger partial charge in [0, 0.05) is 11.0 Å². The summed E-state index contributed by atoms with van der Waals surface area (Å²) in [5, 5.41) is 0. The van der Waals surface area contributed by atoms with E-state index in [0.29, 0.717) is 5.92 Å². The number of ether oxygens (including phenoxy) is 1. The molecule has 0 saturated heterocycles. The van der Waals surface area contributed by atoms with Crippen LogP contribution in [0.15, 0.2) is 23.8 Å². The number of carbonyl (C=O) groups is 1. The van der Waals surface area contributed by atoms with Crippen LogP contribution in [0.25, 0.3) is 0 Å². The zero-order valence-corrected chi connectivity index (χ0v) is 14.3. The molecule has 0 amide bonds. The third-order valence-corrected chi connectivity index (χ3v) is 4.05. The van der Waals surface area contributed by atoms with Gasteiger partial charge in [0.25, 0.3) is 0 Å². The first kappa shape index (κ1) is 19.2. The maximum Gasteiger partial charge on any atom is 0.330 e. The number of carbonyl (C=O) groups excluding carboxylic acids is 1. The maximum atomic E-state index is 11.0. The fourth-order valence-electron chi connectivity index (χ4n) is 1.89. The molecule has 0 aromatic heterocycles. The predicted molar refractivity (Wildman–Crippen MR) is 87.1 cm³/mol. The largest absolute Gasteiger partial charge is 0.466 e. The van der Waals surface area contributed by atoms with Gasteiger partial charge in [0.2, 0.25) is 0 Å². The van der Waals surface area contributed by atoms with Crippen LogP contribution in [0.2, 0.25) is 0 Å². The Hall–Kier alpha value is -0.760. The third kappa shape index (κ3) is 10.1. The molecule has 0 bridgehead atoms. The van der Waals surface area contributed by atoms with E-state index in [2.05, 4.69) is 31.6 Å². The highest BCUT2D eigenvalue weighted by atomic mass is 35.5. The average Bonchev–Trinajstić information content (AvgIpc) is 2.38. The summed E-state index contributed by atoms with van der Waals surface area (Å²) in [6.45, 7) is 8.40. The first-order chi connectivity index (χ1) is 9.30. The highest BCUT2D eigenvalue weighted by molar-refractivity contribution is 6.23. The van der Waals surface area contributed by atoms with Crippen LogP contribution in [0.1, 0.15) is 59.8 Å². The molecule has 3 heteroatoms. The Morgan fingerprint density at radius 3 is 2.65 bits per heavy atom. The highest BCUT2D eigenvalue weighted by Crippen LogP contribution is 2.27. The van der Waals surface area contributed by atoms with Crippen molar-refractivity contribution >= 4 is 17.6 Å². The minimum atomic E-state index is -0.304. The highest BCUT2D eigenvalue weighted by Gasteiger charge is 2.17. The fourth-order valence-corrected chi connectivity index (χ4v) is 2.03. The van der Waals surface area contributed by atoms with E-state index in [0.717, 1.165) is 24.8 Å². The number of rotatable bonds is 9. The van der Waals surface area contributed by atoms with Gasteiger partial charge in [0.1, 0.15) is 0 Å². The summed E-state index contributed by atoms with van der Waals surface area (Å²) < 4.78 is 4.58. The van der Waals surface area contributed by atoms with Crippen molar-refractivity contribution in [3.05, 3.63) is 23.8 Å². The van der Waals surface area contributed by atoms with Crippen LogP contribution >= 0.6 is 11.6 Å². The Balaban J connectivity index is 3.96. The molecule has 0 radical (unpaired) electrons. The maximum absolute atomic E-state index is 11.0. The quantitative estimate of drug-likeness (QED) is 0.251. The molecule has 0 aliphatic heterocycles. The van der Waals surface area contributed by atoms with E-state index in [1.165, 1.54) is 26.0 Å². The molecule has 0 aromatic carbocycles. The molecule has 2 nitrogen and oxygen atoms in total. The molecular weight excluding hydrogens is 272 g/mol. The van der Waals surface area contributed by atoms with Gasteiger partial charge in [-0.1, -0.05) is 38.8 Å². The van der Waals surface area contributed by atoms with E-state index in [-0.39, 0.29) is 10.8 Å². The Bertz CT molecular complexity index is 343. The van der Waals surface area contributed by atoms with E-state index in [4.69, 9.17) is 11.6 Å². The summed E-state index contributed by atoms with van der Waals surface area (Å²) in [5.41, 5.74) is 0.920. The molecule has 0 aromatic rings. The van der Waals surface area contributed by atoms with Crippen LogP contribution in [0.3, 0.4) is 0 Å². The molecule has 2 atom stereocenters. The summed E-state index contributed by atoms with van der Waals surface area (Å²) in [6.07, 6.45) is 11.1. The van der Waals surface area contributed by atoms with Crippen molar-refractivity contribution in [2.75, 3.05) is 7.11 Å². The van der Waals surface area contributed by atoms with Crippen molar-refractivity contribution in [1.29, 1.82) is 0 Å². The lowest BCUT2D eigenvalue weighted by Crippen LogP contribution is -2.14. The summed E-state index contributed by atoms with van der Waals surface area (Å²) >= 11 is 6.35. The molecule has 2 unspecified atom stereocenters. The Labute approximate surface area is 129 Å². The second-order valence-corrected chi connectivity index (χ2v) is 6.73. The van der Waals surface area contributed by atoms with Crippen molar-refractivity contribution in [1.82, 2.24) is 0 Å². The Morgan fingerprint density at radius 2 is 2.10 bits per heavy atom. The minimum absolute atomic E-state index is 0.0462. The SMILES string of the molecule is CCC(C)(Cl)CCCC(C)C/C=C/C(C)=C/C(=O)OC. The number of halogens is 1. The van der Waals surface area contributed by atoms with Gasteiger partial charge in [-0.15, -0.1) is 11.6 Å². The van der Waals surface area contributed by atoms with E-state index < -0.39 is 0 Å². The molecular formula is C17H29ClO2. The van der Waals surface area contributed by atoms with Crippen molar-refractivity contribution < 1.29 is 9.53 Å². The van der Waals surface area contributed by atoms with Crippen molar-refractivity contribution in [3.63, 3.8) is 0 Å². The Kier molecular flexibility index (Phi) is 9.66. The summed E-state index contributed by atoms with van der Waals surface area (Å²) in [6, 6.07) is 0. The van der Waals surface area contributed by atoms with Crippen molar-refractivity contribution in [2.24, 2.45) is 5.92 Å². The molecule has 0 aliphatic rings. The average molecular weight is 301 g/mol. The van der Waals surface area contributed by atoms with Gasteiger partial charge >= 0.3 is 5.97 Å². The van der Waals surface area contributed by atoms with E-state index >= 15 is 0 Å². The summed E-state index contributed by atoms with van der Waals surface area (Å²) in [5.74, 6) is 0.336. The molecule has 0 saturated carbocycles. The number of esters is 1. The lowest BCUT2D eigenvalue weighted by molar-refractivity contribution is -0.134. The van der Waals surface area contributed by atoms with Crippen LogP contribution in [0.4, 0.5) is 0 Å². The normalized spacial score (nSPS) is 17.0. The molecule has 0 rings (SSSR count). The second-order valence-electron chi connectivity index (χ2n) is 5.81. The molecule has 0 fully saturated rings. The van der Waals surface area contributed by atoms with Gasteiger partial charge in [0.15, 0.2) is 0 Å². The van der Waals surface area contributed by atoms with Crippen molar-refractivity contribution in [3.8, 4) is 0 Å². The van der Waals surface area contributed by atoms with Gasteiger partial charge < -0.3 is 4.74 Å². The fraction of sp³-hybridized carbons (Fsp3) is 0.706. The number of methoxy groups -OCH3 is 1. The number of hydrogen-bond acceptors (Lipinski definition) is 2. The number of allylic oxidation sites excluding steroid dienone is 3. The van der Waals surface area contributed by atoms with Gasteiger partial charge in [-0.05, 0) is 44.6 Å². The van der Waals surface area contributed by atoms with Crippen LogP contribution in [-0.2, 0) is 9.53 Å². The lowest BCUT2D eigenvalue weighted by atomic mass is 9.94. The lowest BCUT2D eigenvalue weighted by Gasteiger charge is -2.20. The molecule has 0 aliphatic carbocycles. The van der Waals surface area contributed by atoms with Gasteiger partial charge in [0.05, 0.1) is 7.11 Å². The van der Waals surface area contributed by atoms with Crippen LogP contribution in [0, 0.1) is 5.92 Å². The smallest absolute Gasteiger partial charge is 0.330 e. The first-order valence-electron chi connectivity index (χ1n) is 7.42. The van der Waals surface area contributed by atoms with Gasteiger partial charge in [-0.3, -0.25) is 0 Å². The van der Waals surface area contributed by atoms with E-state index in [1.807, 2.05) is 13.0 Å². The minimum Gasteiger partial charge on any atom is -0.466 e. The molecule has 0 spiro atoms. The van der Waals surface area contributed by atoms with E-state index in [1.54, 1.807) is 0 Å². The predicted octanol–water partition coefficient (Wildman–Crippen LogP) is 5.27. The van der Waals surface area contributed by atoms with Crippen LogP contribution < -0.4 is 0 Å². The zero-order chi connectivity index (χ0) is 15.6. The van der Waals surface area contributed by atoms with E-state index in [9.17, 15) is 4.79 Å². The van der Waals surface area contributed by atoms with Gasteiger partial charge in [-0.25, -0.2) is 4.79 Å². The first-order valence-corrected chi connectivity index (χ1v) is 7.80. The number of alkyl halides is 1. The molecule has 0 N–H and O–H groups in total. The van der Waals surface area contributed by atoms with Crippen molar-refractivity contribution in [2.45, 2.75) is 64.7 Å². The van der Waals surface area contributed by atoms with Crippen LogP contribution in [0.5, 0.6) is 0 Å². The standard InChI is InChI=1S/C17H29ClO2/c1-6-17(4,18)12-8-11-14(2)9-7-10-15(3)13-16(19)20-5/h7,10,13-14H,6,8-9,11-12H2,1-5H3/b10-7+,15-13+. The summed E-state index contributed by atoms with van der Waals surface area (Å²) in [7, 11) is 1.39. The molecule has 0 heterocycles. The second kappa shape index (κ2) is 10.0. The topological polar surface area (TPSA) is 26.3 Å². The summed E-state index contributed by atoms with van der Waals surface area (Å²) in [4.78, 5) is 11.0.